The van der Waals surface area contributed by atoms with Crippen LogP contribution in [0.1, 0.15) is 24.4 Å². The minimum atomic E-state index is -3.53. The summed E-state index contributed by atoms with van der Waals surface area (Å²) in [6.07, 6.45) is 2.93. The summed E-state index contributed by atoms with van der Waals surface area (Å²) < 4.78 is 28.7. The average Bonchev–Trinajstić information content (AvgIpc) is 2.94. The van der Waals surface area contributed by atoms with Gasteiger partial charge in [0.1, 0.15) is 5.82 Å². The van der Waals surface area contributed by atoms with Crippen LogP contribution in [0.25, 0.3) is 0 Å². The molecule has 1 aliphatic rings. The van der Waals surface area contributed by atoms with Crippen molar-refractivity contribution in [2.45, 2.75) is 31.0 Å². The second kappa shape index (κ2) is 5.25. The van der Waals surface area contributed by atoms with E-state index in [0.717, 1.165) is 5.82 Å². The first kappa shape index (κ1) is 14.2. The number of fused-ring (bicyclic) bond motifs is 1. The molecule has 1 aromatic heterocycles. The summed E-state index contributed by atoms with van der Waals surface area (Å²) in [4.78, 5) is 4.42. The molecule has 1 atom stereocenters. The highest BCUT2D eigenvalue weighted by molar-refractivity contribution is 7.89. The molecule has 0 spiro atoms. The monoisotopic (exact) mass is 307 g/mol. The van der Waals surface area contributed by atoms with Gasteiger partial charge in [0.15, 0.2) is 0 Å². The van der Waals surface area contributed by atoms with Crippen LogP contribution in [-0.2, 0) is 23.1 Å². The Balaban J connectivity index is 1.87. The van der Waals surface area contributed by atoms with Crippen molar-refractivity contribution in [2.24, 2.45) is 0 Å². The number of aliphatic hydroxyl groups excluding tert-OH is 1. The maximum Gasteiger partial charge on any atom is 0.243 e. The number of aromatic nitrogens is 2. The topological polar surface area (TPSA) is 75.4 Å². The number of nitrogens with zero attached hydrogens (tertiary/aromatic N) is 3. The lowest BCUT2D eigenvalue weighted by Crippen LogP contribution is -2.38. The number of rotatable bonds is 3. The number of hydrogen-bond acceptors (Lipinski definition) is 4. The van der Waals surface area contributed by atoms with E-state index in [2.05, 4.69) is 4.98 Å². The summed E-state index contributed by atoms with van der Waals surface area (Å²) in [5.74, 6) is 0.755. The summed E-state index contributed by atoms with van der Waals surface area (Å²) in [7, 11) is -3.53. The fourth-order valence-electron chi connectivity index (χ4n) is 2.42. The lowest BCUT2D eigenvalue weighted by Gasteiger charge is -2.27. The fraction of sp³-hybridized carbons (Fsp3) is 0.357. The zero-order chi connectivity index (χ0) is 15.0. The van der Waals surface area contributed by atoms with Gasteiger partial charge in [-0.2, -0.15) is 4.31 Å². The van der Waals surface area contributed by atoms with Crippen molar-refractivity contribution >= 4 is 10.0 Å². The number of sulfonamides is 1. The molecule has 2 aromatic rings. The third kappa shape index (κ3) is 2.59. The molecule has 0 fully saturated rings. The van der Waals surface area contributed by atoms with Gasteiger partial charge in [-0.1, -0.05) is 12.1 Å². The van der Waals surface area contributed by atoms with E-state index in [9.17, 15) is 13.5 Å². The van der Waals surface area contributed by atoms with E-state index in [1.807, 2.05) is 10.8 Å². The molecule has 0 radical (unpaired) electrons. The van der Waals surface area contributed by atoms with Crippen LogP contribution in [0.5, 0.6) is 0 Å². The van der Waals surface area contributed by atoms with E-state index in [1.165, 1.54) is 4.31 Å². The number of imidazole rings is 1. The van der Waals surface area contributed by atoms with E-state index in [-0.39, 0.29) is 11.4 Å². The molecule has 0 saturated carbocycles. The molecule has 0 amide bonds. The maximum absolute atomic E-state index is 12.6. The van der Waals surface area contributed by atoms with Gasteiger partial charge in [-0.05, 0) is 24.6 Å². The smallest absolute Gasteiger partial charge is 0.243 e. The molecule has 6 nitrogen and oxygen atoms in total. The van der Waals surface area contributed by atoms with Crippen LogP contribution in [0, 0.1) is 0 Å². The van der Waals surface area contributed by atoms with Crippen molar-refractivity contribution in [3.05, 3.63) is 48.0 Å². The first-order valence-electron chi connectivity index (χ1n) is 6.76. The summed E-state index contributed by atoms with van der Waals surface area (Å²) in [6, 6.07) is 6.36. The Morgan fingerprint density at radius 3 is 2.62 bits per heavy atom. The van der Waals surface area contributed by atoms with Crippen molar-refractivity contribution in [2.75, 3.05) is 6.54 Å². The van der Waals surface area contributed by atoms with Gasteiger partial charge in [0.25, 0.3) is 0 Å². The normalized spacial score (nSPS) is 17.4. The minimum absolute atomic E-state index is 0.243. The van der Waals surface area contributed by atoms with E-state index >= 15 is 0 Å². The molecule has 1 aliphatic heterocycles. The van der Waals surface area contributed by atoms with Crippen LogP contribution in [0.3, 0.4) is 0 Å². The van der Waals surface area contributed by atoms with Crippen LogP contribution in [-0.4, -0.2) is 33.9 Å². The average molecular weight is 307 g/mol. The zero-order valence-corrected chi connectivity index (χ0v) is 12.5. The lowest BCUT2D eigenvalue weighted by atomic mass is 10.1. The Morgan fingerprint density at radius 1 is 1.24 bits per heavy atom. The van der Waals surface area contributed by atoms with Crippen molar-refractivity contribution in [3.63, 3.8) is 0 Å². The van der Waals surface area contributed by atoms with Gasteiger partial charge in [-0.3, -0.25) is 0 Å². The van der Waals surface area contributed by atoms with Crippen LogP contribution in [0.15, 0.2) is 41.6 Å². The highest BCUT2D eigenvalue weighted by atomic mass is 32.2. The Bertz CT molecular complexity index is 735. The van der Waals surface area contributed by atoms with Gasteiger partial charge in [-0.15, -0.1) is 0 Å². The zero-order valence-electron chi connectivity index (χ0n) is 11.7. The largest absolute Gasteiger partial charge is 0.389 e. The molecule has 21 heavy (non-hydrogen) atoms. The standard InChI is InChI=1S/C14H17N3O3S/c1-11(18)12-2-4-13(5-3-12)21(19,20)17-9-8-16-7-6-15-14(16)10-17/h2-7,11,18H,8-10H2,1H3. The highest BCUT2D eigenvalue weighted by Crippen LogP contribution is 2.22. The number of aliphatic hydroxyl groups is 1. The predicted molar refractivity (Wildman–Crippen MR) is 76.9 cm³/mol. The minimum Gasteiger partial charge on any atom is -0.389 e. The van der Waals surface area contributed by atoms with Crippen LogP contribution >= 0.6 is 0 Å². The molecular formula is C14H17N3O3S. The molecule has 2 heterocycles. The maximum atomic E-state index is 12.6. The summed E-state index contributed by atoms with van der Waals surface area (Å²) in [5.41, 5.74) is 0.697. The van der Waals surface area contributed by atoms with E-state index in [0.29, 0.717) is 18.7 Å². The van der Waals surface area contributed by atoms with Gasteiger partial charge in [0, 0.05) is 25.5 Å². The predicted octanol–water partition coefficient (Wildman–Crippen LogP) is 1.14. The van der Waals surface area contributed by atoms with Crippen LogP contribution in [0.2, 0.25) is 0 Å². The molecule has 1 N–H and O–H groups in total. The van der Waals surface area contributed by atoms with Gasteiger partial charge in [0.05, 0.1) is 17.5 Å². The van der Waals surface area contributed by atoms with Crippen LogP contribution in [0.4, 0.5) is 0 Å². The SMILES string of the molecule is CC(O)c1ccc(S(=O)(=O)N2CCn3ccnc3C2)cc1. The van der Waals surface area contributed by atoms with Crippen molar-refractivity contribution in [1.82, 2.24) is 13.9 Å². The Morgan fingerprint density at radius 2 is 1.95 bits per heavy atom. The third-order valence-corrected chi connectivity index (χ3v) is 5.57. The Labute approximate surface area is 123 Å². The highest BCUT2D eigenvalue weighted by Gasteiger charge is 2.28. The lowest BCUT2D eigenvalue weighted by molar-refractivity contribution is 0.199. The molecular weight excluding hydrogens is 290 g/mol. The van der Waals surface area contributed by atoms with Gasteiger partial charge < -0.3 is 9.67 Å². The molecule has 0 saturated heterocycles. The molecule has 1 unspecified atom stereocenters. The van der Waals surface area contributed by atoms with Crippen molar-refractivity contribution < 1.29 is 13.5 Å². The van der Waals surface area contributed by atoms with E-state index < -0.39 is 16.1 Å². The summed E-state index contributed by atoms with van der Waals surface area (Å²) in [6.45, 7) is 2.98. The van der Waals surface area contributed by atoms with E-state index in [4.69, 9.17) is 0 Å². The summed E-state index contributed by atoms with van der Waals surface area (Å²) in [5, 5.41) is 9.48. The van der Waals surface area contributed by atoms with Crippen molar-refractivity contribution in [3.8, 4) is 0 Å². The first-order valence-corrected chi connectivity index (χ1v) is 8.20. The number of benzene rings is 1. The summed E-state index contributed by atoms with van der Waals surface area (Å²) >= 11 is 0. The quantitative estimate of drug-likeness (QED) is 0.922. The third-order valence-electron chi connectivity index (χ3n) is 3.71. The number of hydrogen-bond donors (Lipinski definition) is 1. The molecule has 1 aromatic carbocycles. The van der Waals surface area contributed by atoms with Gasteiger partial charge in [-0.25, -0.2) is 13.4 Å². The second-order valence-electron chi connectivity index (χ2n) is 5.12. The molecule has 0 bridgehead atoms. The first-order chi connectivity index (χ1) is 9.98. The van der Waals surface area contributed by atoms with Crippen molar-refractivity contribution in [1.29, 1.82) is 0 Å². The molecule has 112 valence electrons. The van der Waals surface area contributed by atoms with Crippen LogP contribution < -0.4 is 0 Å². The fourth-order valence-corrected chi connectivity index (χ4v) is 3.81. The second-order valence-corrected chi connectivity index (χ2v) is 7.06. The Kier molecular flexibility index (Phi) is 3.56. The Hall–Kier alpha value is -1.70. The van der Waals surface area contributed by atoms with Gasteiger partial charge >= 0.3 is 0 Å². The molecule has 3 rings (SSSR count). The molecule has 0 aliphatic carbocycles. The van der Waals surface area contributed by atoms with E-state index in [1.54, 1.807) is 37.4 Å². The van der Waals surface area contributed by atoms with Gasteiger partial charge in [0.2, 0.25) is 10.0 Å². The molecule has 7 heteroatoms.